The van der Waals surface area contributed by atoms with Gasteiger partial charge in [0.1, 0.15) is 0 Å². The average molecular weight is 214 g/mol. The number of carbonyl (C=O) groups excluding carboxylic acids is 1. The molecule has 3 nitrogen and oxygen atoms in total. The fourth-order valence-electron chi connectivity index (χ4n) is 2.09. The number of nitriles is 1. The van der Waals surface area contributed by atoms with Gasteiger partial charge >= 0.3 is 0 Å². The van der Waals surface area contributed by atoms with Gasteiger partial charge in [-0.3, -0.25) is 4.79 Å². The maximum absolute atomic E-state index is 12.1. The van der Waals surface area contributed by atoms with Crippen molar-refractivity contribution < 1.29 is 4.79 Å². The summed E-state index contributed by atoms with van der Waals surface area (Å²) in [6, 6.07) is 9.22. The largest absolute Gasteiger partial charge is 0.336 e. The van der Waals surface area contributed by atoms with Crippen LogP contribution in [0.25, 0.3) is 0 Å². The summed E-state index contributed by atoms with van der Waals surface area (Å²) in [4.78, 5) is 14.0. The molecule has 0 N–H and O–H groups in total. The van der Waals surface area contributed by atoms with Gasteiger partial charge in [0.05, 0.1) is 11.6 Å². The van der Waals surface area contributed by atoms with Crippen LogP contribution in [0.4, 0.5) is 0 Å². The van der Waals surface area contributed by atoms with Gasteiger partial charge in [-0.05, 0) is 44.0 Å². The lowest BCUT2D eigenvalue weighted by Crippen LogP contribution is -2.33. The van der Waals surface area contributed by atoms with Gasteiger partial charge < -0.3 is 4.90 Å². The fraction of sp³-hybridized carbons (Fsp3) is 0.385. The molecule has 1 fully saturated rings. The van der Waals surface area contributed by atoms with Crippen LogP contribution in [0.5, 0.6) is 0 Å². The number of hydrogen-bond acceptors (Lipinski definition) is 2. The Kier molecular flexibility index (Phi) is 2.91. The predicted molar refractivity (Wildman–Crippen MR) is 60.9 cm³/mol. The second-order valence-electron chi connectivity index (χ2n) is 4.18. The van der Waals surface area contributed by atoms with Crippen LogP contribution in [0.1, 0.15) is 35.7 Å². The smallest absolute Gasteiger partial charge is 0.254 e. The summed E-state index contributed by atoms with van der Waals surface area (Å²) in [5.74, 6) is 0.0782. The van der Waals surface area contributed by atoms with Gasteiger partial charge in [-0.15, -0.1) is 0 Å². The molecule has 1 aliphatic rings. The van der Waals surface area contributed by atoms with Crippen molar-refractivity contribution in [3.8, 4) is 6.07 Å². The molecule has 16 heavy (non-hydrogen) atoms. The summed E-state index contributed by atoms with van der Waals surface area (Å²) in [6.45, 7) is 2.93. The molecule has 2 rings (SSSR count). The molecule has 1 unspecified atom stereocenters. The van der Waals surface area contributed by atoms with Gasteiger partial charge in [0.2, 0.25) is 0 Å². The molecule has 1 atom stereocenters. The van der Waals surface area contributed by atoms with Crippen molar-refractivity contribution in [3.05, 3.63) is 35.4 Å². The van der Waals surface area contributed by atoms with Crippen molar-refractivity contribution in [2.75, 3.05) is 6.54 Å². The Hall–Kier alpha value is -1.82. The summed E-state index contributed by atoms with van der Waals surface area (Å²) >= 11 is 0. The molecule has 0 spiro atoms. The summed E-state index contributed by atoms with van der Waals surface area (Å²) in [5.41, 5.74) is 1.26. The van der Waals surface area contributed by atoms with Gasteiger partial charge in [0.25, 0.3) is 5.91 Å². The first kappa shape index (κ1) is 10.7. The fourth-order valence-corrected chi connectivity index (χ4v) is 2.09. The highest BCUT2D eigenvalue weighted by Crippen LogP contribution is 2.19. The van der Waals surface area contributed by atoms with E-state index in [1.807, 2.05) is 11.0 Å². The highest BCUT2D eigenvalue weighted by Gasteiger charge is 2.25. The molecule has 1 aromatic carbocycles. The van der Waals surface area contributed by atoms with E-state index in [4.69, 9.17) is 5.26 Å². The second kappa shape index (κ2) is 4.36. The van der Waals surface area contributed by atoms with Crippen LogP contribution in [0.15, 0.2) is 24.3 Å². The van der Waals surface area contributed by atoms with E-state index >= 15 is 0 Å². The maximum Gasteiger partial charge on any atom is 0.254 e. The Labute approximate surface area is 95.3 Å². The summed E-state index contributed by atoms with van der Waals surface area (Å²) in [5, 5.41) is 8.68. The van der Waals surface area contributed by atoms with E-state index in [9.17, 15) is 4.79 Å². The standard InChI is InChI=1S/C13H14N2O/c1-10-3-2-8-15(10)13(16)12-6-4-11(9-14)5-7-12/h4-7,10H,2-3,8H2,1H3. The minimum absolute atomic E-state index is 0.0782. The molecule has 3 heteroatoms. The summed E-state index contributed by atoms with van der Waals surface area (Å²) in [7, 11) is 0. The number of nitrogens with zero attached hydrogens (tertiary/aromatic N) is 2. The van der Waals surface area contributed by atoms with Crippen molar-refractivity contribution in [2.45, 2.75) is 25.8 Å². The summed E-state index contributed by atoms with van der Waals surface area (Å²) in [6.07, 6.45) is 2.17. The minimum atomic E-state index is 0.0782. The molecule has 0 bridgehead atoms. The average Bonchev–Trinajstić information content (AvgIpc) is 2.75. The number of rotatable bonds is 1. The first-order chi connectivity index (χ1) is 7.72. The van der Waals surface area contributed by atoms with Crippen molar-refractivity contribution in [3.63, 3.8) is 0 Å². The minimum Gasteiger partial charge on any atom is -0.336 e. The van der Waals surface area contributed by atoms with Crippen LogP contribution in [-0.4, -0.2) is 23.4 Å². The van der Waals surface area contributed by atoms with Crippen LogP contribution in [-0.2, 0) is 0 Å². The number of amides is 1. The first-order valence-electron chi connectivity index (χ1n) is 5.53. The first-order valence-corrected chi connectivity index (χ1v) is 5.53. The Morgan fingerprint density at radius 1 is 1.44 bits per heavy atom. The van der Waals surface area contributed by atoms with Crippen LogP contribution in [0.2, 0.25) is 0 Å². The Morgan fingerprint density at radius 2 is 2.12 bits per heavy atom. The monoisotopic (exact) mass is 214 g/mol. The number of benzene rings is 1. The van der Waals surface area contributed by atoms with Crippen LogP contribution in [0, 0.1) is 11.3 Å². The van der Waals surface area contributed by atoms with Crippen molar-refractivity contribution in [1.82, 2.24) is 4.90 Å². The third-order valence-corrected chi connectivity index (χ3v) is 3.07. The third-order valence-electron chi connectivity index (χ3n) is 3.07. The molecule has 1 heterocycles. The molecular formula is C13H14N2O. The predicted octanol–water partition coefficient (Wildman–Crippen LogP) is 2.18. The highest BCUT2D eigenvalue weighted by molar-refractivity contribution is 5.94. The molecule has 1 saturated heterocycles. The SMILES string of the molecule is CC1CCCN1C(=O)c1ccc(C#N)cc1. The molecule has 0 radical (unpaired) electrons. The zero-order valence-corrected chi connectivity index (χ0v) is 9.31. The zero-order valence-electron chi connectivity index (χ0n) is 9.31. The van der Waals surface area contributed by atoms with Gasteiger partial charge in [0.15, 0.2) is 0 Å². The normalized spacial score (nSPS) is 19.5. The second-order valence-corrected chi connectivity index (χ2v) is 4.18. The topological polar surface area (TPSA) is 44.1 Å². The molecular weight excluding hydrogens is 200 g/mol. The van der Waals surface area contributed by atoms with Crippen molar-refractivity contribution >= 4 is 5.91 Å². The maximum atomic E-state index is 12.1. The Morgan fingerprint density at radius 3 is 2.62 bits per heavy atom. The highest BCUT2D eigenvalue weighted by atomic mass is 16.2. The Bertz CT molecular complexity index is 430. The lowest BCUT2D eigenvalue weighted by Gasteiger charge is -2.21. The van der Waals surface area contributed by atoms with E-state index in [1.165, 1.54) is 0 Å². The van der Waals surface area contributed by atoms with Crippen molar-refractivity contribution in [1.29, 1.82) is 5.26 Å². The van der Waals surface area contributed by atoms with E-state index < -0.39 is 0 Å². The van der Waals surface area contributed by atoms with E-state index in [0.717, 1.165) is 19.4 Å². The number of likely N-dealkylation sites (tertiary alicyclic amines) is 1. The van der Waals surface area contributed by atoms with Gasteiger partial charge in [-0.2, -0.15) is 5.26 Å². The number of carbonyl (C=O) groups is 1. The van der Waals surface area contributed by atoms with Crippen LogP contribution in [0.3, 0.4) is 0 Å². The van der Waals surface area contributed by atoms with Crippen molar-refractivity contribution in [2.24, 2.45) is 0 Å². The Balaban J connectivity index is 2.18. The van der Waals surface area contributed by atoms with Gasteiger partial charge in [0, 0.05) is 18.2 Å². The quantitative estimate of drug-likeness (QED) is 0.719. The molecule has 1 aromatic rings. The van der Waals surface area contributed by atoms with Crippen LogP contribution >= 0.6 is 0 Å². The van der Waals surface area contributed by atoms with E-state index in [-0.39, 0.29) is 5.91 Å². The molecule has 0 aromatic heterocycles. The zero-order chi connectivity index (χ0) is 11.5. The van der Waals surface area contributed by atoms with Crippen LogP contribution < -0.4 is 0 Å². The van der Waals surface area contributed by atoms with E-state index in [0.29, 0.717) is 17.2 Å². The third kappa shape index (κ3) is 1.92. The summed E-state index contributed by atoms with van der Waals surface area (Å²) < 4.78 is 0. The molecule has 1 amide bonds. The molecule has 1 aliphatic heterocycles. The van der Waals surface area contributed by atoms with Gasteiger partial charge in [-0.25, -0.2) is 0 Å². The number of hydrogen-bond donors (Lipinski definition) is 0. The molecule has 0 saturated carbocycles. The molecule has 0 aliphatic carbocycles. The molecule has 82 valence electrons. The van der Waals surface area contributed by atoms with E-state index in [2.05, 4.69) is 6.92 Å². The lowest BCUT2D eigenvalue weighted by atomic mass is 10.1. The lowest BCUT2D eigenvalue weighted by molar-refractivity contribution is 0.0747. The van der Waals surface area contributed by atoms with Gasteiger partial charge in [-0.1, -0.05) is 0 Å². The van der Waals surface area contributed by atoms with E-state index in [1.54, 1.807) is 24.3 Å².